The number of halogens is 2. The molecule has 0 aliphatic carbocycles. The number of aromatic nitrogens is 2. The molecular weight excluding hydrogens is 436 g/mol. The number of benzene rings is 1. The Labute approximate surface area is 177 Å². The molecule has 1 aromatic heterocycles. The molecule has 0 atom stereocenters. The summed E-state index contributed by atoms with van der Waals surface area (Å²) in [4.78, 5) is 22.7. The molecule has 1 aromatic carbocycles. The summed E-state index contributed by atoms with van der Waals surface area (Å²) in [5.74, 6) is -2.95. The standard InChI is InChI=1S/C18H21F2N5O3S2/c19-17(20)29-15-5-2-1-4-14(15)16(26)21-8-13-30(27,28)25-11-9-24(10-12-25)18-22-6-3-7-23-18/h1-7,17H,8-13H2,(H,21,26). The second kappa shape index (κ2) is 10.1. The number of sulfonamides is 1. The van der Waals surface area contributed by atoms with Gasteiger partial charge in [0.15, 0.2) is 0 Å². The van der Waals surface area contributed by atoms with Gasteiger partial charge in [-0.2, -0.15) is 13.1 Å². The predicted octanol–water partition coefficient (Wildman–Crippen LogP) is 1.67. The molecule has 1 aliphatic rings. The maximum atomic E-state index is 12.6. The van der Waals surface area contributed by atoms with E-state index in [2.05, 4.69) is 15.3 Å². The number of thioether (sulfide) groups is 1. The van der Waals surface area contributed by atoms with Crippen LogP contribution in [0.3, 0.4) is 0 Å². The van der Waals surface area contributed by atoms with Crippen molar-refractivity contribution in [2.24, 2.45) is 0 Å². The van der Waals surface area contributed by atoms with E-state index in [9.17, 15) is 22.0 Å². The number of carbonyl (C=O) groups is 1. The van der Waals surface area contributed by atoms with Crippen LogP contribution < -0.4 is 10.2 Å². The summed E-state index contributed by atoms with van der Waals surface area (Å²) in [6.45, 7) is 1.41. The van der Waals surface area contributed by atoms with Crippen molar-refractivity contribution in [3.05, 3.63) is 48.3 Å². The number of nitrogens with zero attached hydrogens (tertiary/aromatic N) is 4. The molecule has 0 bridgehead atoms. The van der Waals surface area contributed by atoms with E-state index in [0.717, 1.165) is 0 Å². The Bertz CT molecular complexity index is 955. The van der Waals surface area contributed by atoms with Crippen LogP contribution in [-0.4, -0.2) is 72.8 Å². The van der Waals surface area contributed by atoms with Crippen molar-refractivity contribution in [3.63, 3.8) is 0 Å². The summed E-state index contributed by atoms with van der Waals surface area (Å²) >= 11 is 0.278. The number of hydrogen-bond donors (Lipinski definition) is 1. The minimum Gasteiger partial charge on any atom is -0.351 e. The normalized spacial score (nSPS) is 15.4. The molecule has 0 radical (unpaired) electrons. The molecule has 1 amide bonds. The Morgan fingerprint density at radius 2 is 1.77 bits per heavy atom. The monoisotopic (exact) mass is 457 g/mol. The minimum atomic E-state index is -3.57. The van der Waals surface area contributed by atoms with Crippen molar-refractivity contribution in [2.75, 3.05) is 43.4 Å². The number of alkyl halides is 2. The molecule has 3 rings (SSSR count). The van der Waals surface area contributed by atoms with Gasteiger partial charge in [-0.15, -0.1) is 0 Å². The molecule has 1 aliphatic heterocycles. The summed E-state index contributed by atoms with van der Waals surface area (Å²) < 4.78 is 51.8. The van der Waals surface area contributed by atoms with Crippen molar-refractivity contribution >= 4 is 33.6 Å². The average Bonchev–Trinajstić information content (AvgIpc) is 2.74. The van der Waals surface area contributed by atoms with Crippen molar-refractivity contribution in [1.29, 1.82) is 0 Å². The van der Waals surface area contributed by atoms with Crippen LogP contribution in [-0.2, 0) is 10.0 Å². The van der Waals surface area contributed by atoms with E-state index in [4.69, 9.17) is 0 Å². The summed E-state index contributed by atoms with van der Waals surface area (Å²) in [6.07, 6.45) is 3.26. The predicted molar refractivity (Wildman–Crippen MR) is 110 cm³/mol. The highest BCUT2D eigenvalue weighted by Crippen LogP contribution is 2.28. The molecule has 2 heterocycles. The molecular formula is C18H21F2N5O3S2. The van der Waals surface area contributed by atoms with E-state index in [-0.39, 0.29) is 34.5 Å². The first kappa shape index (κ1) is 22.4. The lowest BCUT2D eigenvalue weighted by Crippen LogP contribution is -2.50. The maximum Gasteiger partial charge on any atom is 0.288 e. The van der Waals surface area contributed by atoms with Gasteiger partial charge in [0.05, 0.1) is 11.3 Å². The fraction of sp³-hybridized carbons (Fsp3) is 0.389. The van der Waals surface area contributed by atoms with Crippen LogP contribution in [0, 0.1) is 0 Å². The number of amides is 1. The Kier molecular flexibility index (Phi) is 7.56. The third-order valence-electron chi connectivity index (χ3n) is 4.46. The zero-order chi connectivity index (χ0) is 21.6. The first-order valence-electron chi connectivity index (χ1n) is 9.18. The number of hydrogen-bond acceptors (Lipinski definition) is 7. The third-order valence-corrected chi connectivity index (χ3v) is 7.12. The highest BCUT2D eigenvalue weighted by Gasteiger charge is 2.27. The van der Waals surface area contributed by atoms with Gasteiger partial charge in [0, 0.05) is 50.0 Å². The summed E-state index contributed by atoms with van der Waals surface area (Å²) in [7, 11) is -3.57. The molecule has 0 saturated carbocycles. The molecule has 2 aromatic rings. The molecule has 0 spiro atoms. The van der Waals surface area contributed by atoms with Gasteiger partial charge in [0.2, 0.25) is 16.0 Å². The number of nitrogens with one attached hydrogen (secondary N) is 1. The first-order chi connectivity index (χ1) is 14.4. The van der Waals surface area contributed by atoms with Crippen LogP contribution in [0.5, 0.6) is 0 Å². The van der Waals surface area contributed by atoms with Crippen molar-refractivity contribution in [3.8, 4) is 0 Å². The zero-order valence-electron chi connectivity index (χ0n) is 15.9. The van der Waals surface area contributed by atoms with E-state index in [1.165, 1.54) is 16.4 Å². The van der Waals surface area contributed by atoms with Crippen molar-refractivity contribution in [2.45, 2.75) is 10.7 Å². The lowest BCUT2D eigenvalue weighted by Gasteiger charge is -2.33. The van der Waals surface area contributed by atoms with Crippen LogP contribution in [0.25, 0.3) is 0 Å². The molecule has 8 nitrogen and oxygen atoms in total. The van der Waals surface area contributed by atoms with Gasteiger partial charge >= 0.3 is 0 Å². The smallest absolute Gasteiger partial charge is 0.288 e. The van der Waals surface area contributed by atoms with Gasteiger partial charge in [0.25, 0.3) is 11.7 Å². The Balaban J connectivity index is 1.51. The van der Waals surface area contributed by atoms with Crippen LogP contribution >= 0.6 is 11.8 Å². The van der Waals surface area contributed by atoms with Crippen LogP contribution in [0.15, 0.2) is 47.6 Å². The largest absolute Gasteiger partial charge is 0.351 e. The Hall–Kier alpha value is -2.31. The topological polar surface area (TPSA) is 95.5 Å². The highest BCUT2D eigenvalue weighted by atomic mass is 32.2. The molecule has 1 saturated heterocycles. The SMILES string of the molecule is O=C(NCCS(=O)(=O)N1CCN(c2ncccn2)CC1)c1ccccc1SC(F)F. The van der Waals surface area contributed by atoms with Crippen LogP contribution in [0.2, 0.25) is 0 Å². The van der Waals surface area contributed by atoms with Gasteiger partial charge in [-0.1, -0.05) is 23.9 Å². The number of piperazine rings is 1. The molecule has 1 N–H and O–H groups in total. The van der Waals surface area contributed by atoms with Crippen LogP contribution in [0.4, 0.5) is 14.7 Å². The molecule has 30 heavy (non-hydrogen) atoms. The van der Waals surface area contributed by atoms with Gasteiger partial charge < -0.3 is 10.2 Å². The van der Waals surface area contributed by atoms with Crippen molar-refractivity contribution in [1.82, 2.24) is 19.6 Å². The second-order valence-corrected chi connectivity index (χ2v) is 9.50. The molecule has 1 fully saturated rings. The number of anilines is 1. The third kappa shape index (κ3) is 5.86. The van der Waals surface area contributed by atoms with Crippen LogP contribution in [0.1, 0.15) is 10.4 Å². The van der Waals surface area contributed by atoms with E-state index in [1.807, 2.05) is 4.90 Å². The fourth-order valence-corrected chi connectivity index (χ4v) is 4.97. The van der Waals surface area contributed by atoms with Gasteiger partial charge in [-0.25, -0.2) is 18.4 Å². The van der Waals surface area contributed by atoms with E-state index >= 15 is 0 Å². The summed E-state index contributed by atoms with van der Waals surface area (Å²) in [6, 6.07) is 7.70. The lowest BCUT2D eigenvalue weighted by molar-refractivity contribution is 0.0953. The summed E-state index contributed by atoms with van der Waals surface area (Å²) in [5, 5.41) is 2.51. The highest BCUT2D eigenvalue weighted by molar-refractivity contribution is 7.99. The zero-order valence-corrected chi connectivity index (χ0v) is 17.6. The minimum absolute atomic E-state index is 0.0941. The Morgan fingerprint density at radius 3 is 2.43 bits per heavy atom. The maximum absolute atomic E-state index is 12.6. The summed E-state index contributed by atoms with van der Waals surface area (Å²) in [5.41, 5.74) is 0.0941. The fourth-order valence-electron chi connectivity index (χ4n) is 2.99. The first-order valence-corrected chi connectivity index (χ1v) is 11.7. The van der Waals surface area contributed by atoms with Gasteiger partial charge in [0.1, 0.15) is 0 Å². The molecule has 162 valence electrons. The molecule has 0 unspecified atom stereocenters. The number of carbonyl (C=O) groups excluding carboxylic acids is 1. The Morgan fingerprint density at radius 1 is 1.10 bits per heavy atom. The quantitative estimate of drug-likeness (QED) is 0.603. The molecule has 12 heteroatoms. The van der Waals surface area contributed by atoms with E-state index in [1.54, 1.807) is 30.6 Å². The van der Waals surface area contributed by atoms with E-state index < -0.39 is 21.7 Å². The second-order valence-electron chi connectivity index (χ2n) is 6.38. The van der Waals surface area contributed by atoms with Crippen molar-refractivity contribution < 1.29 is 22.0 Å². The van der Waals surface area contributed by atoms with Gasteiger partial charge in [-0.3, -0.25) is 4.79 Å². The number of rotatable bonds is 8. The lowest BCUT2D eigenvalue weighted by atomic mass is 10.2. The average molecular weight is 458 g/mol. The van der Waals surface area contributed by atoms with E-state index in [0.29, 0.717) is 32.1 Å². The van der Waals surface area contributed by atoms with Gasteiger partial charge in [-0.05, 0) is 18.2 Å².